The number of aromatic amines is 2. The molecule has 0 aliphatic rings. The van der Waals surface area contributed by atoms with Crippen LogP contribution in [0, 0.1) is 22.7 Å². The molecular weight excluding hydrogens is 359 g/mol. The molecule has 0 spiro atoms. The first-order valence-corrected chi connectivity index (χ1v) is 6.87. The van der Waals surface area contributed by atoms with E-state index in [9.17, 15) is 9.59 Å². The molecule has 0 aromatic carbocycles. The van der Waals surface area contributed by atoms with Crippen molar-refractivity contribution in [2.24, 2.45) is 0 Å². The highest BCUT2D eigenvalue weighted by molar-refractivity contribution is 6.44. The number of hydrogen-bond acceptors (Lipinski definition) is 6. The second-order valence-corrected chi connectivity index (χ2v) is 4.75. The summed E-state index contributed by atoms with van der Waals surface area (Å²) in [6.45, 7) is 0. The minimum Gasteiger partial charge on any atom is -0.464 e. The van der Waals surface area contributed by atoms with Crippen molar-refractivity contribution < 1.29 is 19.1 Å². The van der Waals surface area contributed by atoms with Crippen molar-refractivity contribution in [1.82, 2.24) is 9.97 Å². The third-order valence-corrected chi connectivity index (χ3v) is 3.45. The van der Waals surface area contributed by atoms with Crippen LogP contribution in [0.25, 0.3) is 0 Å². The summed E-state index contributed by atoms with van der Waals surface area (Å²) < 4.78 is 8.82. The molecule has 0 unspecified atom stereocenters. The summed E-state index contributed by atoms with van der Waals surface area (Å²) in [6, 6.07) is 6.64. The number of ether oxygens (including phenoxy) is 2. The van der Waals surface area contributed by atoms with Gasteiger partial charge in [0.25, 0.3) is 0 Å². The first-order valence-electron chi connectivity index (χ1n) is 6.12. The monoisotopic (exact) mass is 368 g/mol. The topological polar surface area (TPSA) is 132 Å². The third-order valence-electron chi connectivity index (χ3n) is 2.59. The van der Waals surface area contributed by atoms with Gasteiger partial charge in [-0.1, -0.05) is 23.2 Å². The molecule has 0 aliphatic heterocycles. The fourth-order valence-corrected chi connectivity index (χ4v) is 1.87. The lowest BCUT2D eigenvalue weighted by Crippen LogP contribution is -2.02. The number of nitrogens with one attached hydrogen (secondary N) is 2. The van der Waals surface area contributed by atoms with Crippen LogP contribution in [0.4, 0.5) is 0 Å². The van der Waals surface area contributed by atoms with Gasteiger partial charge in [-0.3, -0.25) is 0 Å². The summed E-state index contributed by atoms with van der Waals surface area (Å²) >= 11 is 11.3. The van der Waals surface area contributed by atoms with Gasteiger partial charge in [0.1, 0.15) is 34.9 Å². The van der Waals surface area contributed by atoms with Crippen molar-refractivity contribution in [3.05, 3.63) is 45.0 Å². The Morgan fingerprint density at radius 3 is 2.04 bits per heavy atom. The molecule has 0 radical (unpaired) electrons. The molecule has 0 atom stereocenters. The lowest BCUT2D eigenvalue weighted by Gasteiger charge is -1.94. The Kier molecular flexibility index (Phi) is 6.87. The van der Waals surface area contributed by atoms with E-state index in [1.165, 1.54) is 26.4 Å². The molecule has 0 saturated heterocycles. The van der Waals surface area contributed by atoms with Gasteiger partial charge >= 0.3 is 11.9 Å². The maximum absolute atomic E-state index is 11.0. The van der Waals surface area contributed by atoms with Gasteiger partial charge in [-0.05, 0) is 12.1 Å². The van der Waals surface area contributed by atoms with Crippen molar-refractivity contribution >= 4 is 35.1 Å². The first-order chi connectivity index (χ1) is 11.4. The molecule has 2 aromatic heterocycles. The lowest BCUT2D eigenvalue weighted by atomic mass is 10.4. The van der Waals surface area contributed by atoms with E-state index < -0.39 is 11.9 Å². The third kappa shape index (κ3) is 4.29. The molecule has 2 aromatic rings. The number of methoxy groups -OCH3 is 2. The largest absolute Gasteiger partial charge is 0.464 e. The van der Waals surface area contributed by atoms with Gasteiger partial charge in [-0.25, -0.2) is 9.59 Å². The Labute approximate surface area is 146 Å². The van der Waals surface area contributed by atoms with Crippen LogP contribution in [-0.2, 0) is 9.47 Å². The van der Waals surface area contributed by atoms with Crippen molar-refractivity contribution in [2.45, 2.75) is 0 Å². The molecule has 0 amide bonds. The zero-order chi connectivity index (χ0) is 18.3. The molecule has 0 saturated carbocycles. The van der Waals surface area contributed by atoms with E-state index in [1.54, 1.807) is 6.07 Å². The molecule has 10 heteroatoms. The molecule has 2 heterocycles. The number of nitriles is 2. The normalized spacial score (nSPS) is 9.08. The van der Waals surface area contributed by atoms with Gasteiger partial charge in [0, 0.05) is 0 Å². The number of carbonyl (C=O) groups is 2. The quantitative estimate of drug-likeness (QED) is 0.782. The van der Waals surface area contributed by atoms with Crippen LogP contribution < -0.4 is 0 Å². The Bertz CT molecular complexity index is 842. The Hall–Kier alpha value is -2.94. The van der Waals surface area contributed by atoms with Crippen molar-refractivity contribution in [3.63, 3.8) is 0 Å². The predicted octanol–water partition coefficient (Wildman–Crippen LogP) is 2.65. The average Bonchev–Trinajstić information content (AvgIpc) is 3.20. The zero-order valence-electron chi connectivity index (χ0n) is 12.4. The van der Waals surface area contributed by atoms with Gasteiger partial charge in [-0.2, -0.15) is 10.5 Å². The number of carbonyl (C=O) groups excluding carboxylic acids is 2. The number of esters is 2. The van der Waals surface area contributed by atoms with Gasteiger partial charge in [-0.15, -0.1) is 0 Å². The Morgan fingerprint density at radius 2 is 1.62 bits per heavy atom. The average molecular weight is 369 g/mol. The highest BCUT2D eigenvalue weighted by Gasteiger charge is 2.19. The minimum atomic E-state index is -0.659. The Morgan fingerprint density at radius 1 is 1.00 bits per heavy atom. The summed E-state index contributed by atoms with van der Waals surface area (Å²) in [7, 11) is 2.49. The molecule has 0 aliphatic carbocycles. The summed E-state index contributed by atoms with van der Waals surface area (Å²) in [6.07, 6.45) is 0. The SMILES string of the molecule is COC(=O)c1[nH]c(C#N)c(Cl)c1Cl.COC(=O)c1ccc(C#N)[nH]1. The molecule has 124 valence electrons. The van der Waals surface area contributed by atoms with E-state index in [0.29, 0.717) is 11.4 Å². The van der Waals surface area contributed by atoms with Crippen LogP contribution in [0.5, 0.6) is 0 Å². The van der Waals surface area contributed by atoms with Crippen LogP contribution in [0.2, 0.25) is 10.0 Å². The molecular formula is C14H10Cl2N4O4. The molecule has 2 N–H and O–H groups in total. The van der Waals surface area contributed by atoms with Gasteiger partial charge in [0.2, 0.25) is 0 Å². The summed E-state index contributed by atoms with van der Waals surface area (Å²) in [5.74, 6) is -1.13. The summed E-state index contributed by atoms with van der Waals surface area (Å²) in [5.41, 5.74) is 0.687. The van der Waals surface area contributed by atoms with Gasteiger partial charge < -0.3 is 19.4 Å². The summed E-state index contributed by atoms with van der Waals surface area (Å²) in [4.78, 5) is 26.8. The lowest BCUT2D eigenvalue weighted by molar-refractivity contribution is 0.0586. The van der Waals surface area contributed by atoms with Crippen molar-refractivity contribution in [3.8, 4) is 12.1 Å². The number of nitrogens with zero attached hydrogens (tertiary/aromatic N) is 2. The maximum atomic E-state index is 11.0. The van der Waals surface area contributed by atoms with Crippen LogP contribution in [0.15, 0.2) is 12.1 Å². The molecule has 2 rings (SSSR count). The van der Waals surface area contributed by atoms with Crippen LogP contribution >= 0.6 is 23.2 Å². The minimum absolute atomic E-state index is 0.00469. The molecule has 0 bridgehead atoms. The standard InChI is InChI=1S/C7H4Cl2N2O2.C7H6N2O2/c1-13-7(12)6-5(9)4(8)3(2-10)11-6;1-11-7(10)6-3-2-5(4-8)9-6/h11H,1H3;2-3,9H,1H3. The second kappa shape index (κ2) is 8.63. The zero-order valence-corrected chi connectivity index (χ0v) is 13.9. The van der Waals surface area contributed by atoms with Gasteiger partial charge in [0.15, 0.2) is 0 Å². The van der Waals surface area contributed by atoms with Crippen LogP contribution in [0.3, 0.4) is 0 Å². The molecule has 24 heavy (non-hydrogen) atoms. The molecule has 8 nitrogen and oxygen atoms in total. The highest BCUT2D eigenvalue weighted by atomic mass is 35.5. The fourth-order valence-electron chi connectivity index (χ4n) is 1.46. The van der Waals surface area contributed by atoms with E-state index in [1.807, 2.05) is 6.07 Å². The first kappa shape index (κ1) is 19.1. The Balaban J connectivity index is 0.000000243. The number of halogens is 2. The number of hydrogen-bond donors (Lipinski definition) is 2. The van der Waals surface area contributed by atoms with E-state index in [-0.39, 0.29) is 21.4 Å². The second-order valence-electron chi connectivity index (χ2n) is 4.00. The highest BCUT2D eigenvalue weighted by Crippen LogP contribution is 2.29. The number of rotatable bonds is 2. The van der Waals surface area contributed by atoms with Crippen molar-refractivity contribution in [1.29, 1.82) is 10.5 Å². The smallest absolute Gasteiger partial charge is 0.356 e. The van der Waals surface area contributed by atoms with E-state index in [2.05, 4.69) is 19.4 Å². The predicted molar refractivity (Wildman–Crippen MR) is 83.7 cm³/mol. The van der Waals surface area contributed by atoms with E-state index >= 15 is 0 Å². The van der Waals surface area contributed by atoms with Crippen LogP contribution in [-0.4, -0.2) is 36.1 Å². The number of aromatic nitrogens is 2. The van der Waals surface area contributed by atoms with Gasteiger partial charge in [0.05, 0.1) is 24.3 Å². The van der Waals surface area contributed by atoms with E-state index in [0.717, 1.165) is 0 Å². The van der Waals surface area contributed by atoms with Crippen LogP contribution in [0.1, 0.15) is 32.4 Å². The molecule has 0 fully saturated rings. The van der Waals surface area contributed by atoms with E-state index in [4.69, 9.17) is 33.7 Å². The summed E-state index contributed by atoms with van der Waals surface area (Å²) in [5, 5.41) is 16.9. The fraction of sp³-hybridized carbons (Fsp3) is 0.143. The van der Waals surface area contributed by atoms with Crippen molar-refractivity contribution in [2.75, 3.05) is 14.2 Å². The maximum Gasteiger partial charge on any atom is 0.356 e. The number of H-pyrrole nitrogens is 2.